The van der Waals surface area contributed by atoms with Gasteiger partial charge < -0.3 is 15.2 Å². The predicted octanol–water partition coefficient (Wildman–Crippen LogP) is 7.23. The molecule has 2 N–H and O–H groups in total. The van der Waals surface area contributed by atoms with Crippen LogP contribution in [-0.4, -0.2) is 30.2 Å². The van der Waals surface area contributed by atoms with E-state index in [2.05, 4.69) is 10.3 Å². The number of aromatic hydroxyl groups is 1. The molecule has 0 atom stereocenters. The van der Waals surface area contributed by atoms with E-state index in [-0.39, 0.29) is 22.1 Å². The number of carbonyl (C=O) groups excluding carboxylic acids is 1. The highest BCUT2D eigenvalue weighted by atomic mass is 35.5. The first-order valence-electron chi connectivity index (χ1n) is 13.6. The fourth-order valence-corrected chi connectivity index (χ4v) is 5.87. The van der Waals surface area contributed by atoms with Gasteiger partial charge in [-0.05, 0) is 90.7 Å². The average molecular weight is 613 g/mol. The molecule has 0 aliphatic heterocycles. The van der Waals surface area contributed by atoms with E-state index in [0.717, 1.165) is 27.7 Å². The number of nitrogens with one attached hydrogen (secondary N) is 1. The number of fused-ring (bicyclic) bond motifs is 1. The van der Waals surface area contributed by atoms with Gasteiger partial charge in [-0.1, -0.05) is 54.1 Å². The molecule has 0 aliphatic rings. The van der Waals surface area contributed by atoms with Crippen LogP contribution >= 0.6 is 11.6 Å². The monoisotopic (exact) mass is 612 g/mol. The molecule has 1 heterocycles. The number of benzene rings is 4. The summed E-state index contributed by atoms with van der Waals surface area (Å²) in [6, 6.07) is 30.1. The molecule has 7 nitrogen and oxygen atoms in total. The predicted molar refractivity (Wildman–Crippen MR) is 170 cm³/mol. The first-order valence-corrected chi connectivity index (χ1v) is 15.6. The van der Waals surface area contributed by atoms with Crippen molar-refractivity contribution in [3.8, 4) is 11.5 Å². The van der Waals surface area contributed by atoms with Crippen molar-refractivity contribution in [1.82, 2.24) is 4.98 Å². The molecule has 1 aromatic heterocycles. The number of ether oxygens (including phenoxy) is 1. The molecule has 43 heavy (non-hydrogen) atoms. The first-order chi connectivity index (χ1) is 20.7. The molecule has 0 aliphatic carbocycles. The number of hydrogen-bond donors (Lipinski definition) is 2. The number of carbonyl (C=O) groups is 1. The van der Waals surface area contributed by atoms with Gasteiger partial charge in [-0.2, -0.15) is 0 Å². The summed E-state index contributed by atoms with van der Waals surface area (Å²) in [5.41, 5.74) is 3.58. The molecule has 0 saturated carbocycles. The van der Waals surface area contributed by atoms with Crippen LogP contribution < -0.4 is 10.1 Å². The minimum Gasteiger partial charge on any atom is -0.506 e. The highest BCUT2D eigenvalue weighted by Crippen LogP contribution is 2.26. The number of anilines is 1. The summed E-state index contributed by atoms with van der Waals surface area (Å²) in [4.78, 5) is 17.4. The SMILES string of the molecule is O=C(C=Cc1ccc(OCc2ccc3ccccc3n2)cc1)Nc1cc(CCCS(=O)(=O)c2ccc(Cl)cc2)ccc1O. The summed E-state index contributed by atoms with van der Waals surface area (Å²) in [6.07, 6.45) is 3.87. The Bertz CT molecular complexity index is 1870. The zero-order valence-electron chi connectivity index (χ0n) is 23.1. The maximum absolute atomic E-state index is 12.6. The van der Waals surface area contributed by atoms with Gasteiger partial charge in [-0.15, -0.1) is 0 Å². The number of hydrogen-bond acceptors (Lipinski definition) is 6. The quantitative estimate of drug-likeness (QED) is 0.120. The van der Waals surface area contributed by atoms with Gasteiger partial charge >= 0.3 is 0 Å². The lowest BCUT2D eigenvalue weighted by molar-refractivity contribution is -0.111. The Hall–Kier alpha value is -4.66. The highest BCUT2D eigenvalue weighted by Gasteiger charge is 2.14. The lowest BCUT2D eigenvalue weighted by atomic mass is 10.1. The molecule has 0 saturated heterocycles. The number of phenolic OH excluding ortho intramolecular Hbond substituents is 1. The van der Waals surface area contributed by atoms with E-state index in [0.29, 0.717) is 30.2 Å². The summed E-state index contributed by atoms with van der Waals surface area (Å²) >= 11 is 5.85. The topological polar surface area (TPSA) is 106 Å². The van der Waals surface area contributed by atoms with Gasteiger partial charge in [0.15, 0.2) is 9.84 Å². The van der Waals surface area contributed by atoms with Gasteiger partial charge in [-0.3, -0.25) is 4.79 Å². The van der Waals surface area contributed by atoms with Gasteiger partial charge in [0.25, 0.3) is 0 Å². The van der Waals surface area contributed by atoms with Crippen LogP contribution in [0.15, 0.2) is 114 Å². The Morgan fingerprint density at radius 2 is 1.70 bits per heavy atom. The van der Waals surface area contributed by atoms with Crippen LogP contribution in [-0.2, 0) is 27.7 Å². The van der Waals surface area contributed by atoms with Gasteiger partial charge in [0.2, 0.25) is 5.91 Å². The summed E-state index contributed by atoms with van der Waals surface area (Å²) in [7, 11) is -3.44. The van der Waals surface area contributed by atoms with Crippen molar-refractivity contribution < 1.29 is 23.1 Å². The number of amides is 1. The maximum atomic E-state index is 12.6. The maximum Gasteiger partial charge on any atom is 0.248 e. The van der Waals surface area contributed by atoms with Crippen molar-refractivity contribution in [2.45, 2.75) is 24.3 Å². The molecule has 0 bridgehead atoms. The second kappa shape index (κ2) is 13.5. The molecule has 1 amide bonds. The van der Waals surface area contributed by atoms with Crippen molar-refractivity contribution in [3.05, 3.63) is 131 Å². The Labute approximate surface area is 255 Å². The van der Waals surface area contributed by atoms with E-state index in [1.807, 2.05) is 60.7 Å². The third-order valence-corrected chi connectivity index (χ3v) is 8.79. The molecule has 0 fully saturated rings. The number of phenols is 1. The third kappa shape index (κ3) is 8.22. The number of aryl methyl sites for hydroxylation is 1. The van der Waals surface area contributed by atoms with Gasteiger partial charge in [0.1, 0.15) is 18.1 Å². The number of para-hydroxylation sites is 1. The molecule has 5 rings (SSSR count). The summed E-state index contributed by atoms with van der Waals surface area (Å²) < 4.78 is 31.0. The third-order valence-electron chi connectivity index (χ3n) is 6.72. The van der Waals surface area contributed by atoms with Crippen LogP contribution in [0.2, 0.25) is 5.02 Å². The van der Waals surface area contributed by atoms with Gasteiger partial charge in [0.05, 0.1) is 27.5 Å². The molecule has 4 aromatic carbocycles. The van der Waals surface area contributed by atoms with Gasteiger partial charge in [0, 0.05) is 16.5 Å². The fraction of sp³-hybridized carbons (Fsp3) is 0.118. The van der Waals surface area contributed by atoms with E-state index in [1.165, 1.54) is 24.3 Å². The minimum atomic E-state index is -3.44. The minimum absolute atomic E-state index is 0.0376. The van der Waals surface area contributed by atoms with Crippen LogP contribution in [0.25, 0.3) is 17.0 Å². The summed E-state index contributed by atoms with van der Waals surface area (Å²) in [6.45, 7) is 0.336. The van der Waals surface area contributed by atoms with Crippen molar-refractivity contribution in [2.24, 2.45) is 0 Å². The summed E-state index contributed by atoms with van der Waals surface area (Å²) in [5, 5.41) is 14.5. The van der Waals surface area contributed by atoms with Crippen molar-refractivity contribution in [3.63, 3.8) is 0 Å². The molecule has 218 valence electrons. The van der Waals surface area contributed by atoms with E-state index >= 15 is 0 Å². The first kappa shape index (κ1) is 29.8. The van der Waals surface area contributed by atoms with Gasteiger partial charge in [-0.25, -0.2) is 13.4 Å². The molecule has 0 spiro atoms. The number of nitrogens with zero attached hydrogens (tertiary/aromatic N) is 1. The molecule has 5 aromatic rings. The van der Waals surface area contributed by atoms with E-state index in [4.69, 9.17) is 16.3 Å². The Morgan fingerprint density at radius 1 is 0.930 bits per heavy atom. The van der Waals surface area contributed by atoms with E-state index < -0.39 is 15.7 Å². The van der Waals surface area contributed by atoms with Crippen molar-refractivity contribution >= 4 is 50.0 Å². The lowest BCUT2D eigenvalue weighted by Gasteiger charge is -2.09. The molecule has 9 heteroatoms. The zero-order chi connectivity index (χ0) is 30.2. The molecule has 0 radical (unpaired) electrons. The number of rotatable bonds is 11. The fourth-order valence-electron chi connectivity index (χ4n) is 4.43. The molecular weight excluding hydrogens is 584 g/mol. The van der Waals surface area contributed by atoms with Crippen molar-refractivity contribution in [1.29, 1.82) is 0 Å². The largest absolute Gasteiger partial charge is 0.506 e. The zero-order valence-corrected chi connectivity index (χ0v) is 24.7. The normalized spacial score (nSPS) is 11.6. The van der Waals surface area contributed by atoms with Crippen LogP contribution in [0.1, 0.15) is 23.2 Å². The van der Waals surface area contributed by atoms with E-state index in [1.54, 1.807) is 30.3 Å². The second-order valence-corrected chi connectivity index (χ2v) is 12.4. The second-order valence-electron chi connectivity index (χ2n) is 9.90. The van der Waals surface area contributed by atoms with Crippen molar-refractivity contribution in [2.75, 3.05) is 11.1 Å². The van der Waals surface area contributed by atoms with Crippen LogP contribution in [0.5, 0.6) is 11.5 Å². The Balaban J connectivity index is 1.12. The van der Waals surface area contributed by atoms with E-state index in [9.17, 15) is 18.3 Å². The number of aromatic nitrogens is 1. The Morgan fingerprint density at radius 3 is 2.49 bits per heavy atom. The van der Waals surface area contributed by atoms with Crippen LogP contribution in [0.3, 0.4) is 0 Å². The number of pyridine rings is 1. The van der Waals surface area contributed by atoms with Crippen LogP contribution in [0.4, 0.5) is 5.69 Å². The number of sulfone groups is 1. The smallest absolute Gasteiger partial charge is 0.248 e. The molecule has 0 unspecified atom stereocenters. The summed E-state index contributed by atoms with van der Waals surface area (Å²) in [5.74, 6) is 0.144. The average Bonchev–Trinajstić information content (AvgIpc) is 3.01. The Kier molecular flexibility index (Phi) is 9.39. The standard InChI is InChI=1S/C34H29ClN2O5S/c35-27-12-17-30(18-13-27)43(40,41)21-3-4-25-9-19-33(38)32(22-25)37-34(39)20-10-24-7-15-29(16-8-24)42-23-28-14-11-26-5-1-2-6-31(26)36-28/h1-2,5-20,22,38H,3-4,21,23H2,(H,37,39). The number of halogens is 1. The van der Waals surface area contributed by atoms with Crippen LogP contribution in [0, 0.1) is 0 Å². The lowest BCUT2D eigenvalue weighted by Crippen LogP contribution is -2.09. The molecular formula is C34H29ClN2O5S. The highest BCUT2D eigenvalue weighted by molar-refractivity contribution is 7.91.